The fourth-order valence-electron chi connectivity index (χ4n) is 1.75. The molecule has 0 amide bonds. The van der Waals surface area contributed by atoms with Crippen molar-refractivity contribution in [1.29, 1.82) is 0 Å². The molecule has 0 heterocycles. The minimum absolute atomic E-state index is 0.146. The van der Waals surface area contributed by atoms with Crippen LogP contribution in [0.2, 0.25) is 0 Å². The first-order valence-corrected chi connectivity index (χ1v) is 4.76. The summed E-state index contributed by atoms with van der Waals surface area (Å²) in [6.07, 6.45) is 2.07. The Kier molecular flexibility index (Phi) is 3.49. The number of rotatable bonds is 3. The quantitative estimate of drug-likeness (QED) is 0.634. The van der Waals surface area contributed by atoms with Crippen molar-refractivity contribution in [2.75, 3.05) is 0 Å². The molecule has 0 fully saturated rings. The van der Waals surface area contributed by atoms with E-state index in [1.807, 2.05) is 34.6 Å². The third-order valence-corrected chi connectivity index (χ3v) is 2.17. The van der Waals surface area contributed by atoms with E-state index in [4.69, 9.17) is 0 Å². The largest absolute Gasteiger partial charge is 0.299 e. The van der Waals surface area contributed by atoms with Crippen molar-refractivity contribution in [2.24, 2.45) is 10.8 Å². The fourth-order valence-corrected chi connectivity index (χ4v) is 1.75. The average Bonchev–Trinajstić information content (AvgIpc) is 1.84. The summed E-state index contributed by atoms with van der Waals surface area (Å²) in [7, 11) is 0. The van der Waals surface area contributed by atoms with Gasteiger partial charge in [-0.05, 0) is 6.42 Å². The molecule has 72 valence electrons. The molecule has 12 heavy (non-hydrogen) atoms. The van der Waals surface area contributed by atoms with E-state index in [0.29, 0.717) is 5.78 Å². The summed E-state index contributed by atoms with van der Waals surface area (Å²) in [6, 6.07) is 0. The molecule has 0 N–H and O–H groups in total. The van der Waals surface area contributed by atoms with Gasteiger partial charge in [0.05, 0.1) is 0 Å². The zero-order chi connectivity index (χ0) is 9.99. The highest BCUT2D eigenvalue weighted by Gasteiger charge is 2.34. The molecule has 0 saturated carbocycles. The summed E-state index contributed by atoms with van der Waals surface area (Å²) in [5, 5.41) is 0. The van der Waals surface area contributed by atoms with Crippen LogP contribution in [0, 0.1) is 10.8 Å². The first-order chi connectivity index (χ1) is 5.22. The Labute approximate surface area is 76.6 Å². The lowest BCUT2D eigenvalue weighted by Gasteiger charge is -2.30. The predicted octanol–water partition coefficient (Wildman–Crippen LogP) is 3.43. The van der Waals surface area contributed by atoms with Gasteiger partial charge in [-0.2, -0.15) is 0 Å². The number of Topliss-reactive ketones (excluding diaryl/α,β-unsaturated/α-hetero) is 1. The van der Waals surface area contributed by atoms with E-state index in [0.717, 1.165) is 12.8 Å². The third-order valence-electron chi connectivity index (χ3n) is 2.17. The summed E-state index contributed by atoms with van der Waals surface area (Å²) in [6.45, 7) is 12.2. The van der Waals surface area contributed by atoms with Crippen LogP contribution in [0.25, 0.3) is 0 Å². The van der Waals surface area contributed by atoms with Gasteiger partial charge in [-0.25, -0.2) is 0 Å². The smallest absolute Gasteiger partial charge is 0.143 e. The van der Waals surface area contributed by atoms with Crippen LogP contribution >= 0.6 is 0 Å². The van der Waals surface area contributed by atoms with Crippen molar-refractivity contribution < 1.29 is 4.79 Å². The van der Waals surface area contributed by atoms with Crippen LogP contribution < -0.4 is 0 Å². The van der Waals surface area contributed by atoms with Crippen LogP contribution in [0.15, 0.2) is 0 Å². The van der Waals surface area contributed by atoms with Crippen molar-refractivity contribution in [1.82, 2.24) is 0 Å². The summed E-state index contributed by atoms with van der Waals surface area (Å²) in [5.74, 6) is 0.372. The lowest BCUT2D eigenvalue weighted by atomic mass is 9.72. The van der Waals surface area contributed by atoms with E-state index >= 15 is 0 Å². The number of hydrogen-bond donors (Lipinski definition) is 0. The van der Waals surface area contributed by atoms with Crippen LogP contribution in [0.3, 0.4) is 0 Å². The van der Waals surface area contributed by atoms with Crippen LogP contribution in [-0.4, -0.2) is 5.78 Å². The first-order valence-electron chi connectivity index (χ1n) is 4.76. The van der Waals surface area contributed by atoms with E-state index in [2.05, 4.69) is 6.92 Å². The van der Waals surface area contributed by atoms with Gasteiger partial charge < -0.3 is 0 Å². The van der Waals surface area contributed by atoms with E-state index in [1.54, 1.807) is 0 Å². The third kappa shape index (κ3) is 2.96. The molecule has 0 aromatic heterocycles. The molecule has 1 heteroatoms. The fraction of sp³-hybridized carbons (Fsp3) is 0.909. The molecule has 0 unspecified atom stereocenters. The molecule has 0 aliphatic rings. The monoisotopic (exact) mass is 170 g/mol. The number of ketones is 1. The summed E-state index contributed by atoms with van der Waals surface area (Å²) in [4.78, 5) is 11.9. The Balaban J connectivity index is 4.46. The second-order valence-corrected chi connectivity index (χ2v) is 5.21. The molecule has 0 radical (unpaired) electrons. The molecule has 0 aliphatic carbocycles. The predicted molar refractivity (Wildman–Crippen MR) is 53.2 cm³/mol. The number of carbonyl (C=O) groups excluding carboxylic acids is 1. The highest BCUT2D eigenvalue weighted by molar-refractivity contribution is 5.88. The number of hydrogen-bond acceptors (Lipinski definition) is 1. The van der Waals surface area contributed by atoms with E-state index in [-0.39, 0.29) is 10.8 Å². The van der Waals surface area contributed by atoms with Gasteiger partial charge in [0.1, 0.15) is 5.78 Å². The lowest BCUT2D eigenvalue weighted by molar-refractivity contribution is -0.135. The standard InChI is InChI=1S/C11H22O/c1-7-8-11(5,6)9(12)10(2,3)4/h7-8H2,1-6H3. The minimum Gasteiger partial charge on any atom is -0.299 e. The summed E-state index contributed by atoms with van der Waals surface area (Å²) < 4.78 is 0. The maximum absolute atomic E-state index is 11.9. The van der Waals surface area contributed by atoms with Gasteiger partial charge in [0, 0.05) is 10.8 Å². The Morgan fingerprint density at radius 1 is 1.08 bits per heavy atom. The Hall–Kier alpha value is -0.330. The van der Waals surface area contributed by atoms with E-state index in [9.17, 15) is 4.79 Å². The molecule has 0 aliphatic heterocycles. The van der Waals surface area contributed by atoms with Crippen LogP contribution in [-0.2, 0) is 4.79 Å². The SMILES string of the molecule is CCCC(C)(C)C(=O)C(C)(C)C. The van der Waals surface area contributed by atoms with Gasteiger partial charge in [-0.1, -0.05) is 48.0 Å². The minimum atomic E-state index is -0.196. The molecule has 0 bridgehead atoms. The van der Waals surface area contributed by atoms with Gasteiger partial charge in [-0.15, -0.1) is 0 Å². The normalized spacial score (nSPS) is 13.2. The molecule has 0 spiro atoms. The highest BCUT2D eigenvalue weighted by atomic mass is 16.1. The Morgan fingerprint density at radius 2 is 1.50 bits per heavy atom. The van der Waals surface area contributed by atoms with Crippen molar-refractivity contribution in [3.05, 3.63) is 0 Å². The van der Waals surface area contributed by atoms with Crippen molar-refractivity contribution in [2.45, 2.75) is 54.4 Å². The first kappa shape index (κ1) is 11.7. The van der Waals surface area contributed by atoms with Gasteiger partial charge in [-0.3, -0.25) is 4.79 Å². The zero-order valence-corrected chi connectivity index (χ0v) is 9.32. The molecule has 0 aromatic carbocycles. The van der Waals surface area contributed by atoms with Crippen LogP contribution in [0.5, 0.6) is 0 Å². The Bertz CT molecular complexity index is 160. The molecular formula is C11H22O. The van der Waals surface area contributed by atoms with Crippen LogP contribution in [0.4, 0.5) is 0 Å². The number of carbonyl (C=O) groups is 1. The van der Waals surface area contributed by atoms with Gasteiger partial charge in [0.15, 0.2) is 0 Å². The highest BCUT2D eigenvalue weighted by Crippen LogP contribution is 2.32. The Morgan fingerprint density at radius 3 is 1.75 bits per heavy atom. The molecule has 0 aromatic rings. The lowest BCUT2D eigenvalue weighted by Crippen LogP contribution is -2.34. The maximum atomic E-state index is 11.9. The molecule has 0 rings (SSSR count). The van der Waals surface area contributed by atoms with Gasteiger partial charge in [0.2, 0.25) is 0 Å². The second-order valence-electron chi connectivity index (χ2n) is 5.21. The van der Waals surface area contributed by atoms with E-state index in [1.165, 1.54) is 0 Å². The van der Waals surface area contributed by atoms with Gasteiger partial charge >= 0.3 is 0 Å². The summed E-state index contributed by atoms with van der Waals surface area (Å²) >= 11 is 0. The molecule has 1 nitrogen and oxygen atoms in total. The van der Waals surface area contributed by atoms with Crippen molar-refractivity contribution >= 4 is 5.78 Å². The zero-order valence-electron chi connectivity index (χ0n) is 9.32. The topological polar surface area (TPSA) is 17.1 Å². The summed E-state index contributed by atoms with van der Waals surface area (Å²) in [5.41, 5.74) is -0.342. The molecule has 0 atom stereocenters. The molecule has 0 saturated heterocycles. The second kappa shape index (κ2) is 3.59. The molecular weight excluding hydrogens is 148 g/mol. The van der Waals surface area contributed by atoms with Crippen molar-refractivity contribution in [3.8, 4) is 0 Å². The van der Waals surface area contributed by atoms with Gasteiger partial charge in [0.25, 0.3) is 0 Å². The van der Waals surface area contributed by atoms with E-state index < -0.39 is 0 Å². The van der Waals surface area contributed by atoms with Crippen LogP contribution in [0.1, 0.15) is 54.4 Å². The van der Waals surface area contributed by atoms with Crippen molar-refractivity contribution in [3.63, 3.8) is 0 Å². The average molecular weight is 170 g/mol. The maximum Gasteiger partial charge on any atom is 0.143 e.